The van der Waals surface area contributed by atoms with Gasteiger partial charge in [-0.15, -0.1) is 0 Å². The SMILES string of the molecule is Cc1ccc2nc(C(=O)N3CCOC(C(=O)O)C3)c(F)n2c1. The number of nitrogens with zero attached hydrogens (tertiary/aromatic N) is 3. The maximum absolute atomic E-state index is 14.4. The van der Waals surface area contributed by atoms with E-state index in [1.807, 2.05) is 0 Å². The largest absolute Gasteiger partial charge is 0.479 e. The van der Waals surface area contributed by atoms with Gasteiger partial charge in [0, 0.05) is 12.7 Å². The zero-order chi connectivity index (χ0) is 15.9. The normalized spacial score (nSPS) is 18.6. The van der Waals surface area contributed by atoms with E-state index in [-0.39, 0.29) is 25.4 Å². The fourth-order valence-electron chi connectivity index (χ4n) is 2.39. The van der Waals surface area contributed by atoms with E-state index in [9.17, 15) is 14.0 Å². The number of carbonyl (C=O) groups is 2. The molecule has 1 N–H and O–H groups in total. The van der Waals surface area contributed by atoms with Crippen LogP contribution in [0.5, 0.6) is 0 Å². The number of pyridine rings is 1. The number of carboxylic acid groups (broad SMARTS) is 1. The maximum Gasteiger partial charge on any atom is 0.334 e. The van der Waals surface area contributed by atoms with Crippen LogP contribution in [0, 0.1) is 12.9 Å². The lowest BCUT2D eigenvalue weighted by atomic mass is 10.2. The minimum absolute atomic E-state index is 0.0941. The topological polar surface area (TPSA) is 84.1 Å². The van der Waals surface area contributed by atoms with Crippen LogP contribution in [0.3, 0.4) is 0 Å². The number of carbonyl (C=O) groups excluding carboxylic acids is 1. The van der Waals surface area contributed by atoms with Crippen molar-refractivity contribution in [2.45, 2.75) is 13.0 Å². The fourth-order valence-corrected chi connectivity index (χ4v) is 2.39. The average Bonchev–Trinajstić information content (AvgIpc) is 2.83. The number of imidazole rings is 1. The lowest BCUT2D eigenvalue weighted by molar-refractivity contribution is -0.154. The monoisotopic (exact) mass is 307 g/mol. The molecule has 1 aliphatic heterocycles. The Morgan fingerprint density at radius 2 is 2.23 bits per heavy atom. The fraction of sp³-hybridized carbons (Fsp3) is 0.357. The second kappa shape index (κ2) is 5.38. The Morgan fingerprint density at radius 3 is 2.95 bits per heavy atom. The summed E-state index contributed by atoms with van der Waals surface area (Å²) in [4.78, 5) is 28.6. The lowest BCUT2D eigenvalue weighted by Gasteiger charge is -2.30. The van der Waals surface area contributed by atoms with Gasteiger partial charge in [-0.2, -0.15) is 4.39 Å². The Kier molecular flexibility index (Phi) is 3.53. The zero-order valence-electron chi connectivity index (χ0n) is 11.8. The van der Waals surface area contributed by atoms with E-state index in [4.69, 9.17) is 9.84 Å². The van der Waals surface area contributed by atoms with Crippen LogP contribution in [0.1, 0.15) is 16.1 Å². The summed E-state index contributed by atoms with van der Waals surface area (Å²) in [5.41, 5.74) is 0.853. The van der Waals surface area contributed by atoms with Gasteiger partial charge < -0.3 is 14.7 Å². The number of fused-ring (bicyclic) bond motifs is 1. The number of halogens is 1. The smallest absolute Gasteiger partial charge is 0.334 e. The average molecular weight is 307 g/mol. The third-order valence-corrected chi connectivity index (χ3v) is 3.54. The standard InChI is InChI=1S/C14H14FN3O4/c1-8-2-3-10-16-11(12(15)18(10)6-8)13(19)17-4-5-22-9(7-17)14(20)21/h2-3,6,9H,4-5,7H2,1H3,(H,20,21). The molecule has 1 saturated heterocycles. The van der Waals surface area contributed by atoms with Gasteiger partial charge in [0.1, 0.15) is 5.65 Å². The molecule has 116 valence electrons. The summed E-state index contributed by atoms with van der Waals surface area (Å²) in [6, 6.07) is 3.39. The molecule has 0 bridgehead atoms. The zero-order valence-corrected chi connectivity index (χ0v) is 11.8. The molecular weight excluding hydrogens is 293 g/mol. The van der Waals surface area contributed by atoms with Crippen LogP contribution in [0.25, 0.3) is 5.65 Å². The molecule has 7 nitrogen and oxygen atoms in total. The number of morpholine rings is 1. The summed E-state index contributed by atoms with van der Waals surface area (Å²) in [5.74, 6) is -2.53. The first-order chi connectivity index (χ1) is 10.5. The number of hydrogen-bond acceptors (Lipinski definition) is 4. The third kappa shape index (κ3) is 2.41. The minimum atomic E-state index is -1.15. The molecule has 0 radical (unpaired) electrons. The molecule has 1 amide bonds. The maximum atomic E-state index is 14.4. The number of ether oxygens (including phenoxy) is 1. The van der Waals surface area contributed by atoms with Crippen molar-refractivity contribution in [1.29, 1.82) is 0 Å². The Balaban J connectivity index is 1.92. The molecule has 1 unspecified atom stereocenters. The highest BCUT2D eigenvalue weighted by atomic mass is 19.1. The molecule has 0 aromatic carbocycles. The van der Waals surface area contributed by atoms with Gasteiger partial charge in [0.15, 0.2) is 11.8 Å². The summed E-state index contributed by atoms with van der Waals surface area (Å²) in [6.07, 6.45) is 0.452. The number of carboxylic acids is 1. The number of aliphatic carboxylic acids is 1. The van der Waals surface area contributed by atoms with E-state index in [1.54, 1.807) is 25.3 Å². The van der Waals surface area contributed by atoms with E-state index in [1.165, 1.54) is 9.30 Å². The summed E-state index contributed by atoms with van der Waals surface area (Å²) in [7, 11) is 0. The first-order valence-electron chi connectivity index (χ1n) is 6.75. The number of amides is 1. The summed E-state index contributed by atoms with van der Waals surface area (Å²) in [5, 5.41) is 8.95. The Bertz CT molecular complexity index is 758. The molecule has 2 aromatic rings. The van der Waals surface area contributed by atoms with Crippen LogP contribution in [-0.4, -0.2) is 57.1 Å². The first-order valence-corrected chi connectivity index (χ1v) is 6.75. The van der Waals surface area contributed by atoms with Crippen LogP contribution >= 0.6 is 0 Å². The molecule has 1 atom stereocenters. The molecule has 22 heavy (non-hydrogen) atoms. The van der Waals surface area contributed by atoms with Gasteiger partial charge in [-0.3, -0.25) is 9.20 Å². The van der Waals surface area contributed by atoms with Gasteiger partial charge in [-0.1, -0.05) is 6.07 Å². The van der Waals surface area contributed by atoms with E-state index >= 15 is 0 Å². The Hall–Kier alpha value is -2.48. The van der Waals surface area contributed by atoms with Crippen LogP contribution in [0.15, 0.2) is 18.3 Å². The highest BCUT2D eigenvalue weighted by molar-refractivity contribution is 5.93. The predicted molar refractivity (Wildman–Crippen MR) is 73.2 cm³/mol. The molecule has 3 rings (SSSR count). The van der Waals surface area contributed by atoms with Crippen molar-refractivity contribution >= 4 is 17.5 Å². The van der Waals surface area contributed by atoms with Crippen molar-refractivity contribution in [3.63, 3.8) is 0 Å². The Labute approximate surface area is 124 Å². The van der Waals surface area contributed by atoms with Gasteiger partial charge in [0.25, 0.3) is 5.91 Å². The quantitative estimate of drug-likeness (QED) is 0.883. The molecule has 1 aliphatic rings. The van der Waals surface area contributed by atoms with Crippen LogP contribution in [0.2, 0.25) is 0 Å². The van der Waals surface area contributed by atoms with Gasteiger partial charge in [-0.05, 0) is 18.6 Å². The van der Waals surface area contributed by atoms with Gasteiger partial charge in [0.05, 0.1) is 13.2 Å². The number of hydrogen-bond donors (Lipinski definition) is 1. The van der Waals surface area contributed by atoms with Crippen LogP contribution < -0.4 is 0 Å². The summed E-state index contributed by atoms with van der Waals surface area (Å²) >= 11 is 0. The molecule has 8 heteroatoms. The van der Waals surface area contributed by atoms with Crippen molar-refractivity contribution in [3.8, 4) is 0 Å². The summed E-state index contributed by atoms with van der Waals surface area (Å²) < 4.78 is 20.6. The molecule has 1 fully saturated rings. The predicted octanol–water partition coefficient (Wildman–Crippen LogP) is 0.707. The molecule has 3 heterocycles. The van der Waals surface area contributed by atoms with E-state index < -0.39 is 23.9 Å². The minimum Gasteiger partial charge on any atom is -0.479 e. The van der Waals surface area contributed by atoms with Crippen LogP contribution in [0.4, 0.5) is 4.39 Å². The molecule has 2 aromatic heterocycles. The second-order valence-corrected chi connectivity index (χ2v) is 5.13. The number of rotatable bonds is 2. The summed E-state index contributed by atoms with van der Waals surface area (Å²) in [6.45, 7) is 1.98. The highest BCUT2D eigenvalue weighted by Gasteiger charge is 2.32. The molecule has 0 saturated carbocycles. The van der Waals surface area contributed by atoms with Gasteiger partial charge >= 0.3 is 5.97 Å². The third-order valence-electron chi connectivity index (χ3n) is 3.54. The van der Waals surface area contributed by atoms with Crippen molar-refractivity contribution in [2.24, 2.45) is 0 Å². The van der Waals surface area contributed by atoms with E-state index in [0.29, 0.717) is 5.65 Å². The van der Waals surface area contributed by atoms with E-state index in [2.05, 4.69) is 4.98 Å². The first kappa shape index (κ1) is 14.5. The van der Waals surface area contributed by atoms with Crippen molar-refractivity contribution in [1.82, 2.24) is 14.3 Å². The number of aryl methyl sites for hydroxylation is 1. The molecule has 0 spiro atoms. The Morgan fingerprint density at radius 1 is 1.45 bits per heavy atom. The van der Waals surface area contributed by atoms with Crippen molar-refractivity contribution in [3.05, 3.63) is 35.5 Å². The van der Waals surface area contributed by atoms with Gasteiger partial charge in [-0.25, -0.2) is 9.78 Å². The van der Waals surface area contributed by atoms with Crippen molar-refractivity contribution < 1.29 is 23.8 Å². The van der Waals surface area contributed by atoms with Gasteiger partial charge in [0.2, 0.25) is 5.95 Å². The number of aromatic nitrogens is 2. The van der Waals surface area contributed by atoms with Crippen LogP contribution in [-0.2, 0) is 9.53 Å². The molecular formula is C14H14FN3O4. The second-order valence-electron chi connectivity index (χ2n) is 5.13. The highest BCUT2D eigenvalue weighted by Crippen LogP contribution is 2.16. The van der Waals surface area contributed by atoms with Crippen molar-refractivity contribution in [2.75, 3.05) is 19.7 Å². The lowest BCUT2D eigenvalue weighted by Crippen LogP contribution is -2.48. The molecule has 0 aliphatic carbocycles. The van der Waals surface area contributed by atoms with E-state index in [0.717, 1.165) is 5.56 Å².